The second-order valence-electron chi connectivity index (χ2n) is 7.45. The molecule has 0 bridgehead atoms. The quantitative estimate of drug-likeness (QED) is 0.707. The lowest BCUT2D eigenvalue weighted by Gasteiger charge is -2.42. The van der Waals surface area contributed by atoms with Gasteiger partial charge in [-0.2, -0.15) is 0 Å². The zero-order chi connectivity index (χ0) is 14.9. The maximum absolute atomic E-state index is 11.3. The predicted molar refractivity (Wildman–Crippen MR) is 80.3 cm³/mol. The SMILES string of the molecule is COCC1(CNC2CC2)CCN(CC2(C(=O)O)CC2)CC1. The zero-order valence-corrected chi connectivity index (χ0v) is 13.1. The Hall–Kier alpha value is -0.650. The first-order chi connectivity index (χ1) is 10.1. The van der Waals surface area contributed by atoms with Gasteiger partial charge in [0.15, 0.2) is 0 Å². The lowest BCUT2D eigenvalue weighted by Crippen LogP contribution is -2.49. The number of carboxylic acids is 1. The fraction of sp³-hybridized carbons (Fsp3) is 0.938. The fourth-order valence-corrected chi connectivity index (χ4v) is 3.53. The van der Waals surface area contributed by atoms with Gasteiger partial charge in [0.25, 0.3) is 0 Å². The largest absolute Gasteiger partial charge is 0.481 e. The number of hydrogen-bond donors (Lipinski definition) is 2. The third kappa shape index (κ3) is 3.58. The molecule has 0 unspecified atom stereocenters. The molecule has 5 nitrogen and oxygen atoms in total. The Bertz CT molecular complexity index is 383. The molecule has 1 heterocycles. The summed E-state index contributed by atoms with van der Waals surface area (Å²) < 4.78 is 5.47. The molecule has 0 aromatic carbocycles. The first-order valence-corrected chi connectivity index (χ1v) is 8.26. The molecule has 2 aliphatic carbocycles. The van der Waals surface area contributed by atoms with Gasteiger partial charge < -0.3 is 20.1 Å². The highest BCUT2D eigenvalue weighted by molar-refractivity contribution is 5.78. The first kappa shape index (κ1) is 15.3. The zero-order valence-electron chi connectivity index (χ0n) is 13.1. The average molecular weight is 296 g/mol. The summed E-state index contributed by atoms with van der Waals surface area (Å²) >= 11 is 0. The molecule has 21 heavy (non-hydrogen) atoms. The maximum Gasteiger partial charge on any atom is 0.310 e. The van der Waals surface area contributed by atoms with Gasteiger partial charge in [0.2, 0.25) is 0 Å². The Morgan fingerprint density at radius 1 is 1.29 bits per heavy atom. The van der Waals surface area contributed by atoms with Gasteiger partial charge in [-0.25, -0.2) is 0 Å². The van der Waals surface area contributed by atoms with Gasteiger partial charge in [-0.1, -0.05) is 0 Å². The summed E-state index contributed by atoms with van der Waals surface area (Å²) in [7, 11) is 1.79. The van der Waals surface area contributed by atoms with Gasteiger partial charge in [0.1, 0.15) is 0 Å². The van der Waals surface area contributed by atoms with E-state index >= 15 is 0 Å². The molecule has 0 aromatic heterocycles. The van der Waals surface area contributed by atoms with Crippen LogP contribution in [0.3, 0.4) is 0 Å². The molecule has 3 rings (SSSR count). The standard InChI is InChI=1S/C16H28N2O3/c1-21-12-15(10-17-13-2-3-13)6-8-18(9-7-15)11-16(4-5-16)14(19)20/h13,17H,2-12H2,1H3,(H,19,20). The van der Waals surface area contributed by atoms with Gasteiger partial charge in [-0.3, -0.25) is 4.79 Å². The number of rotatable bonds is 8. The van der Waals surface area contributed by atoms with Crippen molar-refractivity contribution in [2.75, 3.05) is 39.9 Å². The van der Waals surface area contributed by atoms with Crippen molar-refractivity contribution in [3.8, 4) is 0 Å². The van der Waals surface area contributed by atoms with E-state index in [1.54, 1.807) is 7.11 Å². The van der Waals surface area contributed by atoms with Crippen LogP contribution < -0.4 is 5.32 Å². The van der Waals surface area contributed by atoms with Gasteiger partial charge in [-0.15, -0.1) is 0 Å². The molecule has 0 spiro atoms. The minimum Gasteiger partial charge on any atom is -0.481 e. The molecular weight excluding hydrogens is 268 g/mol. The molecule has 120 valence electrons. The number of ether oxygens (including phenoxy) is 1. The summed E-state index contributed by atoms with van der Waals surface area (Å²) in [6, 6.07) is 0.735. The fourth-order valence-electron chi connectivity index (χ4n) is 3.53. The van der Waals surface area contributed by atoms with Crippen molar-refractivity contribution in [1.82, 2.24) is 10.2 Å². The molecule has 0 atom stereocenters. The average Bonchev–Trinajstić information content (AvgIpc) is 3.35. The van der Waals surface area contributed by atoms with Crippen molar-refractivity contribution in [2.45, 2.75) is 44.6 Å². The minimum atomic E-state index is -0.605. The van der Waals surface area contributed by atoms with Crippen molar-refractivity contribution in [3.63, 3.8) is 0 Å². The number of likely N-dealkylation sites (tertiary alicyclic amines) is 1. The van der Waals surface area contributed by atoms with E-state index in [2.05, 4.69) is 10.2 Å². The molecule has 0 amide bonds. The molecule has 0 radical (unpaired) electrons. The Balaban J connectivity index is 1.50. The van der Waals surface area contributed by atoms with Crippen LogP contribution in [0.25, 0.3) is 0 Å². The Morgan fingerprint density at radius 3 is 2.43 bits per heavy atom. The molecule has 2 N–H and O–H groups in total. The Morgan fingerprint density at radius 2 is 1.95 bits per heavy atom. The number of nitrogens with one attached hydrogen (secondary N) is 1. The van der Waals surface area contributed by atoms with Crippen LogP contribution in [0.4, 0.5) is 0 Å². The second-order valence-corrected chi connectivity index (χ2v) is 7.45. The highest BCUT2D eigenvalue weighted by Gasteiger charge is 2.51. The number of nitrogens with zero attached hydrogens (tertiary/aromatic N) is 1. The van der Waals surface area contributed by atoms with E-state index in [0.29, 0.717) is 0 Å². The number of carbonyl (C=O) groups is 1. The van der Waals surface area contributed by atoms with Crippen molar-refractivity contribution in [2.24, 2.45) is 10.8 Å². The number of carboxylic acid groups (broad SMARTS) is 1. The Kier molecular flexibility index (Phi) is 4.26. The number of hydrogen-bond acceptors (Lipinski definition) is 4. The van der Waals surface area contributed by atoms with E-state index in [9.17, 15) is 9.90 Å². The third-order valence-electron chi connectivity index (χ3n) is 5.54. The summed E-state index contributed by atoms with van der Waals surface area (Å²) in [5, 5.41) is 13.0. The first-order valence-electron chi connectivity index (χ1n) is 8.26. The Labute approximate surface area is 127 Å². The molecule has 3 fully saturated rings. The van der Waals surface area contributed by atoms with Crippen LogP contribution in [0.5, 0.6) is 0 Å². The minimum absolute atomic E-state index is 0.244. The third-order valence-corrected chi connectivity index (χ3v) is 5.54. The van der Waals surface area contributed by atoms with Crippen LogP contribution in [-0.2, 0) is 9.53 Å². The number of aliphatic carboxylic acids is 1. The molecule has 3 aliphatic rings. The van der Waals surface area contributed by atoms with Crippen LogP contribution in [0.15, 0.2) is 0 Å². The highest BCUT2D eigenvalue weighted by atomic mass is 16.5. The number of methoxy groups -OCH3 is 1. The van der Waals surface area contributed by atoms with Gasteiger partial charge in [0.05, 0.1) is 12.0 Å². The number of piperidine rings is 1. The van der Waals surface area contributed by atoms with E-state index in [4.69, 9.17) is 4.74 Å². The summed E-state index contributed by atoms with van der Waals surface area (Å²) in [6.07, 6.45) is 6.55. The smallest absolute Gasteiger partial charge is 0.310 e. The topological polar surface area (TPSA) is 61.8 Å². The van der Waals surface area contributed by atoms with E-state index in [0.717, 1.165) is 64.5 Å². The van der Waals surface area contributed by atoms with Crippen LogP contribution in [0.1, 0.15) is 38.5 Å². The monoisotopic (exact) mass is 296 g/mol. The normalized spacial score (nSPS) is 27.5. The maximum atomic E-state index is 11.3. The highest BCUT2D eigenvalue weighted by Crippen LogP contribution is 2.47. The van der Waals surface area contributed by atoms with Crippen molar-refractivity contribution in [3.05, 3.63) is 0 Å². The van der Waals surface area contributed by atoms with E-state index in [1.807, 2.05) is 0 Å². The predicted octanol–water partition coefficient (Wildman–Crippen LogP) is 1.33. The van der Waals surface area contributed by atoms with Crippen LogP contribution in [0.2, 0.25) is 0 Å². The van der Waals surface area contributed by atoms with E-state index < -0.39 is 11.4 Å². The second kappa shape index (κ2) is 5.86. The van der Waals surface area contributed by atoms with Crippen LogP contribution in [0, 0.1) is 10.8 Å². The molecule has 2 saturated carbocycles. The summed E-state index contributed by atoms with van der Waals surface area (Å²) in [6.45, 7) is 4.60. The van der Waals surface area contributed by atoms with Crippen LogP contribution in [-0.4, -0.2) is 61.9 Å². The summed E-state index contributed by atoms with van der Waals surface area (Å²) in [5.41, 5.74) is -0.179. The van der Waals surface area contributed by atoms with Gasteiger partial charge >= 0.3 is 5.97 Å². The molecule has 1 saturated heterocycles. The lowest BCUT2D eigenvalue weighted by molar-refractivity contribution is -0.144. The van der Waals surface area contributed by atoms with E-state index in [-0.39, 0.29) is 5.41 Å². The van der Waals surface area contributed by atoms with Crippen molar-refractivity contribution >= 4 is 5.97 Å². The van der Waals surface area contributed by atoms with Crippen molar-refractivity contribution in [1.29, 1.82) is 0 Å². The molecular formula is C16H28N2O3. The van der Waals surface area contributed by atoms with Crippen molar-refractivity contribution < 1.29 is 14.6 Å². The molecule has 0 aromatic rings. The summed E-state index contributed by atoms with van der Waals surface area (Å²) in [5.74, 6) is -0.605. The molecule has 1 aliphatic heterocycles. The lowest BCUT2D eigenvalue weighted by atomic mass is 9.78. The van der Waals surface area contributed by atoms with Gasteiger partial charge in [-0.05, 0) is 51.6 Å². The summed E-state index contributed by atoms with van der Waals surface area (Å²) in [4.78, 5) is 13.7. The van der Waals surface area contributed by atoms with Gasteiger partial charge in [0, 0.05) is 31.7 Å². The van der Waals surface area contributed by atoms with Crippen LogP contribution >= 0.6 is 0 Å². The molecule has 5 heteroatoms. The van der Waals surface area contributed by atoms with E-state index in [1.165, 1.54) is 12.8 Å².